The summed E-state index contributed by atoms with van der Waals surface area (Å²) in [7, 11) is 0. The summed E-state index contributed by atoms with van der Waals surface area (Å²) in [5.74, 6) is 0.168. The van der Waals surface area contributed by atoms with E-state index in [1.54, 1.807) is 0 Å². The summed E-state index contributed by atoms with van der Waals surface area (Å²) in [6.07, 6.45) is 1.70. The fourth-order valence-electron chi connectivity index (χ4n) is 2.98. The van der Waals surface area contributed by atoms with Crippen LogP contribution in [0.4, 0.5) is 5.69 Å². The van der Waals surface area contributed by atoms with E-state index in [2.05, 4.69) is 15.2 Å². The second-order valence-electron chi connectivity index (χ2n) is 6.03. The fourth-order valence-corrected chi connectivity index (χ4v) is 3.49. The molecule has 1 saturated heterocycles. The Balaban J connectivity index is 1.51. The number of carbonyl (C=O) groups is 1. The predicted molar refractivity (Wildman–Crippen MR) is 97.3 cm³/mol. The maximum Gasteiger partial charge on any atom is 0.227 e. The minimum absolute atomic E-state index is 0.0612. The van der Waals surface area contributed by atoms with Crippen LogP contribution >= 0.6 is 23.2 Å². The molecule has 0 saturated carbocycles. The lowest BCUT2D eigenvalue weighted by molar-refractivity contribution is -0.121. The van der Waals surface area contributed by atoms with Crippen molar-refractivity contribution in [3.05, 3.63) is 58.3 Å². The van der Waals surface area contributed by atoms with E-state index in [0.29, 0.717) is 10.3 Å². The molecule has 126 valence electrons. The molecule has 1 amide bonds. The summed E-state index contributed by atoms with van der Waals surface area (Å²) in [6.45, 7) is 2.53. The number of likely N-dealkylation sites (tertiary alicyclic amines) is 1. The largest absolute Gasteiger partial charge is 0.326 e. The van der Waals surface area contributed by atoms with Gasteiger partial charge < -0.3 is 5.32 Å². The average molecular weight is 364 g/mol. The number of rotatable bonds is 4. The Kier molecular flexibility index (Phi) is 5.72. The molecule has 0 bridgehead atoms. The topological polar surface area (TPSA) is 45.2 Å². The van der Waals surface area contributed by atoms with Gasteiger partial charge in [0.25, 0.3) is 0 Å². The van der Waals surface area contributed by atoms with Crippen LogP contribution in [0.15, 0.2) is 42.5 Å². The molecule has 0 atom stereocenters. The van der Waals surface area contributed by atoms with Crippen LogP contribution in [0.5, 0.6) is 0 Å². The number of para-hydroxylation sites is 1. The zero-order chi connectivity index (χ0) is 16.9. The Morgan fingerprint density at radius 3 is 2.38 bits per heavy atom. The van der Waals surface area contributed by atoms with Crippen LogP contribution < -0.4 is 5.32 Å². The van der Waals surface area contributed by atoms with Crippen molar-refractivity contribution in [3.8, 4) is 0 Å². The quantitative estimate of drug-likeness (QED) is 0.826. The van der Waals surface area contributed by atoms with Crippen LogP contribution in [0.3, 0.4) is 0 Å². The zero-order valence-corrected chi connectivity index (χ0v) is 14.7. The Labute approximate surface area is 151 Å². The van der Waals surface area contributed by atoms with E-state index in [1.807, 2.05) is 42.5 Å². The number of halogens is 2. The van der Waals surface area contributed by atoms with Gasteiger partial charge in [-0.2, -0.15) is 0 Å². The molecule has 24 heavy (non-hydrogen) atoms. The van der Waals surface area contributed by atoms with Crippen LogP contribution in [-0.4, -0.2) is 28.9 Å². The maximum absolute atomic E-state index is 12.3. The number of nitrogens with zero attached hydrogens (tertiary/aromatic N) is 2. The number of aromatic nitrogens is 1. The summed E-state index contributed by atoms with van der Waals surface area (Å²) < 4.78 is 0. The Bertz CT molecular complexity index is 680. The first-order valence-corrected chi connectivity index (χ1v) is 8.76. The average Bonchev–Trinajstić information content (AvgIpc) is 2.55. The molecule has 2 heterocycles. The van der Waals surface area contributed by atoms with E-state index in [4.69, 9.17) is 23.2 Å². The van der Waals surface area contributed by atoms with Gasteiger partial charge in [-0.3, -0.25) is 9.69 Å². The predicted octanol–water partition coefficient (Wildman–Crippen LogP) is 4.24. The van der Waals surface area contributed by atoms with Gasteiger partial charge in [-0.1, -0.05) is 41.4 Å². The highest BCUT2D eigenvalue weighted by molar-refractivity contribution is 6.32. The van der Waals surface area contributed by atoms with Crippen molar-refractivity contribution in [2.24, 2.45) is 5.92 Å². The van der Waals surface area contributed by atoms with Gasteiger partial charge in [0.15, 0.2) is 0 Å². The van der Waals surface area contributed by atoms with Gasteiger partial charge in [0.1, 0.15) is 10.3 Å². The monoisotopic (exact) mass is 363 g/mol. The lowest BCUT2D eigenvalue weighted by Gasteiger charge is -2.31. The normalized spacial score (nSPS) is 16.1. The molecule has 0 spiro atoms. The first-order valence-electron chi connectivity index (χ1n) is 8.00. The number of anilines is 1. The number of benzene rings is 1. The molecular formula is C18H19Cl2N3O. The maximum atomic E-state index is 12.3. The third-order valence-corrected chi connectivity index (χ3v) is 4.62. The van der Waals surface area contributed by atoms with E-state index in [9.17, 15) is 4.79 Å². The molecule has 6 heteroatoms. The minimum Gasteiger partial charge on any atom is -0.326 e. The van der Waals surface area contributed by atoms with Gasteiger partial charge in [-0.15, -0.1) is 0 Å². The van der Waals surface area contributed by atoms with Crippen molar-refractivity contribution in [1.82, 2.24) is 9.88 Å². The number of piperidine rings is 1. The van der Waals surface area contributed by atoms with Gasteiger partial charge >= 0.3 is 0 Å². The van der Waals surface area contributed by atoms with Crippen LogP contribution in [0, 0.1) is 5.92 Å². The SMILES string of the molecule is O=C(Nc1ccccc1)C1CCN(Cc2cc(Cl)nc(Cl)c2)CC1. The first kappa shape index (κ1) is 17.2. The van der Waals surface area contributed by atoms with Crippen LogP contribution in [0.2, 0.25) is 10.3 Å². The highest BCUT2D eigenvalue weighted by Crippen LogP contribution is 2.22. The molecule has 1 fully saturated rings. The number of hydrogen-bond donors (Lipinski definition) is 1. The summed E-state index contributed by atoms with van der Waals surface area (Å²) in [6, 6.07) is 13.3. The van der Waals surface area contributed by atoms with Gasteiger partial charge in [0.2, 0.25) is 5.91 Å². The third kappa shape index (κ3) is 4.69. The van der Waals surface area contributed by atoms with Crippen LogP contribution in [-0.2, 0) is 11.3 Å². The zero-order valence-electron chi connectivity index (χ0n) is 13.2. The summed E-state index contributed by atoms with van der Waals surface area (Å²) in [4.78, 5) is 18.6. The molecule has 2 aromatic rings. The highest BCUT2D eigenvalue weighted by Gasteiger charge is 2.25. The summed E-state index contributed by atoms with van der Waals surface area (Å²) in [5, 5.41) is 3.81. The molecule has 1 aliphatic rings. The lowest BCUT2D eigenvalue weighted by Crippen LogP contribution is -2.37. The number of pyridine rings is 1. The summed E-state index contributed by atoms with van der Waals surface area (Å²) >= 11 is 11.9. The summed E-state index contributed by atoms with van der Waals surface area (Å²) in [5.41, 5.74) is 1.90. The second kappa shape index (κ2) is 7.97. The van der Waals surface area contributed by atoms with Gasteiger partial charge in [0, 0.05) is 18.2 Å². The molecule has 4 nitrogen and oxygen atoms in total. The molecule has 0 unspecified atom stereocenters. The van der Waals surface area contributed by atoms with Crippen molar-refractivity contribution in [3.63, 3.8) is 0 Å². The number of amides is 1. The molecule has 1 aromatic heterocycles. The molecule has 3 rings (SSSR count). The van der Waals surface area contributed by atoms with Gasteiger partial charge in [-0.05, 0) is 55.8 Å². The molecule has 1 aliphatic heterocycles. The number of carbonyl (C=O) groups excluding carboxylic acids is 1. The molecule has 1 N–H and O–H groups in total. The van der Waals surface area contributed by atoms with Crippen molar-refractivity contribution < 1.29 is 4.79 Å². The Hall–Kier alpha value is -1.62. The van der Waals surface area contributed by atoms with Crippen LogP contribution in [0.1, 0.15) is 18.4 Å². The Morgan fingerprint density at radius 2 is 1.75 bits per heavy atom. The van der Waals surface area contributed by atoms with Crippen molar-refractivity contribution in [2.75, 3.05) is 18.4 Å². The fraction of sp³-hybridized carbons (Fsp3) is 0.333. The number of hydrogen-bond acceptors (Lipinski definition) is 3. The first-order chi connectivity index (χ1) is 11.6. The van der Waals surface area contributed by atoms with E-state index < -0.39 is 0 Å². The van der Waals surface area contributed by atoms with E-state index in [0.717, 1.165) is 43.7 Å². The minimum atomic E-state index is 0.0612. The van der Waals surface area contributed by atoms with Crippen LogP contribution in [0.25, 0.3) is 0 Å². The van der Waals surface area contributed by atoms with Crippen molar-refractivity contribution in [2.45, 2.75) is 19.4 Å². The van der Waals surface area contributed by atoms with E-state index in [-0.39, 0.29) is 11.8 Å². The molecule has 1 aromatic carbocycles. The lowest BCUT2D eigenvalue weighted by atomic mass is 9.95. The Morgan fingerprint density at radius 1 is 1.12 bits per heavy atom. The third-order valence-electron chi connectivity index (χ3n) is 4.23. The molecule has 0 aliphatic carbocycles. The molecular weight excluding hydrogens is 345 g/mol. The van der Waals surface area contributed by atoms with Crippen molar-refractivity contribution >= 4 is 34.8 Å². The van der Waals surface area contributed by atoms with E-state index in [1.165, 1.54) is 0 Å². The highest BCUT2D eigenvalue weighted by atomic mass is 35.5. The standard InChI is InChI=1S/C18H19Cl2N3O/c19-16-10-13(11-17(20)22-16)12-23-8-6-14(7-9-23)18(24)21-15-4-2-1-3-5-15/h1-5,10-11,14H,6-9,12H2,(H,21,24). The smallest absolute Gasteiger partial charge is 0.227 e. The number of nitrogens with one attached hydrogen (secondary N) is 1. The van der Waals surface area contributed by atoms with Gasteiger partial charge in [0.05, 0.1) is 0 Å². The second-order valence-corrected chi connectivity index (χ2v) is 6.80. The van der Waals surface area contributed by atoms with E-state index >= 15 is 0 Å². The van der Waals surface area contributed by atoms with Gasteiger partial charge in [-0.25, -0.2) is 4.98 Å². The van der Waals surface area contributed by atoms with Crippen molar-refractivity contribution in [1.29, 1.82) is 0 Å². The molecule has 0 radical (unpaired) electrons.